The van der Waals surface area contributed by atoms with Gasteiger partial charge in [-0.15, -0.1) is 12.4 Å². The van der Waals surface area contributed by atoms with Gasteiger partial charge in [-0.05, 0) is 51.1 Å². The van der Waals surface area contributed by atoms with Gasteiger partial charge < -0.3 is 15.3 Å². The fraction of sp³-hybridized carbons (Fsp3) is 0.500. The van der Waals surface area contributed by atoms with E-state index in [2.05, 4.69) is 5.32 Å². The molecule has 1 aromatic rings. The molecule has 26 heavy (non-hydrogen) atoms. The maximum atomic E-state index is 12.2. The molecular weight excluding hydrogens is 358 g/mol. The minimum atomic E-state index is -0.958. The van der Waals surface area contributed by atoms with Crippen molar-refractivity contribution in [3.63, 3.8) is 0 Å². The van der Waals surface area contributed by atoms with Gasteiger partial charge in [0.25, 0.3) is 5.91 Å². The van der Waals surface area contributed by atoms with Crippen LogP contribution in [0.15, 0.2) is 24.3 Å². The average molecular weight is 386 g/mol. The number of anilines is 1. The Kier molecular flexibility index (Phi) is 11.3. The van der Waals surface area contributed by atoms with Gasteiger partial charge >= 0.3 is 5.97 Å². The number of nitrogens with zero attached hydrogens (tertiary/aromatic N) is 2. The summed E-state index contributed by atoms with van der Waals surface area (Å²) in [6, 6.07) is 6.71. The van der Waals surface area contributed by atoms with Gasteiger partial charge in [0, 0.05) is 24.3 Å². The molecule has 0 aliphatic heterocycles. The molecule has 0 spiro atoms. The van der Waals surface area contributed by atoms with E-state index in [1.807, 2.05) is 20.8 Å². The Morgan fingerprint density at radius 2 is 1.58 bits per heavy atom. The highest BCUT2D eigenvalue weighted by molar-refractivity contribution is 5.96. The molecule has 2 amide bonds. The Balaban J connectivity index is 0.00000625. The third kappa shape index (κ3) is 7.84. The minimum absolute atomic E-state index is 0. The molecule has 2 N–H and O–H groups in total. The third-order valence-corrected chi connectivity index (χ3v) is 3.73. The van der Waals surface area contributed by atoms with Crippen molar-refractivity contribution in [2.75, 3.05) is 38.0 Å². The second-order valence-corrected chi connectivity index (χ2v) is 5.71. The van der Waals surface area contributed by atoms with Crippen LogP contribution in [0.4, 0.5) is 5.69 Å². The first-order valence-corrected chi connectivity index (χ1v) is 8.54. The summed E-state index contributed by atoms with van der Waals surface area (Å²) in [6.07, 6.45) is 0.767. The van der Waals surface area contributed by atoms with E-state index in [1.54, 1.807) is 34.1 Å². The van der Waals surface area contributed by atoms with Crippen molar-refractivity contribution in [2.45, 2.75) is 27.2 Å². The molecule has 0 saturated carbocycles. The predicted octanol–water partition coefficient (Wildman–Crippen LogP) is 2.33. The highest BCUT2D eigenvalue weighted by atomic mass is 35.5. The fourth-order valence-electron chi connectivity index (χ4n) is 2.51. The van der Waals surface area contributed by atoms with Crippen LogP contribution in [0.25, 0.3) is 0 Å². The molecule has 0 unspecified atom stereocenters. The molecule has 0 aliphatic carbocycles. The van der Waals surface area contributed by atoms with Crippen molar-refractivity contribution in [1.82, 2.24) is 9.80 Å². The van der Waals surface area contributed by atoms with Crippen LogP contribution in [0, 0.1) is 0 Å². The molecule has 0 saturated heterocycles. The lowest BCUT2D eigenvalue weighted by Gasteiger charge is -2.19. The molecule has 1 aromatic carbocycles. The van der Waals surface area contributed by atoms with Crippen LogP contribution in [0.5, 0.6) is 0 Å². The number of hydrogen-bond donors (Lipinski definition) is 2. The van der Waals surface area contributed by atoms with Crippen molar-refractivity contribution in [2.24, 2.45) is 0 Å². The van der Waals surface area contributed by atoms with E-state index >= 15 is 0 Å². The summed E-state index contributed by atoms with van der Waals surface area (Å²) in [6.45, 7) is 7.45. The summed E-state index contributed by atoms with van der Waals surface area (Å²) in [7, 11) is 0. The first-order valence-electron chi connectivity index (χ1n) is 8.54. The monoisotopic (exact) mass is 385 g/mol. The van der Waals surface area contributed by atoms with Gasteiger partial charge in [0.2, 0.25) is 5.91 Å². The summed E-state index contributed by atoms with van der Waals surface area (Å²) in [5.74, 6) is -1.28. The molecule has 0 bridgehead atoms. The zero-order valence-corrected chi connectivity index (χ0v) is 16.3. The number of benzene rings is 1. The molecule has 0 atom stereocenters. The number of rotatable bonds is 10. The van der Waals surface area contributed by atoms with Crippen LogP contribution >= 0.6 is 12.4 Å². The number of carbonyl (C=O) groups excluding carboxylic acids is 2. The van der Waals surface area contributed by atoms with Crippen LogP contribution in [-0.2, 0) is 9.59 Å². The van der Waals surface area contributed by atoms with E-state index in [-0.39, 0.29) is 37.3 Å². The fourth-order valence-corrected chi connectivity index (χ4v) is 2.51. The number of hydrogen-bond acceptors (Lipinski definition) is 4. The summed E-state index contributed by atoms with van der Waals surface area (Å²) in [5.41, 5.74) is 1.15. The van der Waals surface area contributed by atoms with Gasteiger partial charge in [0.1, 0.15) is 0 Å². The van der Waals surface area contributed by atoms with Gasteiger partial charge in [-0.1, -0.05) is 6.92 Å². The summed E-state index contributed by atoms with van der Waals surface area (Å²) >= 11 is 0. The van der Waals surface area contributed by atoms with Gasteiger partial charge in [-0.25, -0.2) is 0 Å². The molecule has 146 valence electrons. The minimum Gasteiger partial charge on any atom is -0.480 e. The van der Waals surface area contributed by atoms with Crippen LogP contribution < -0.4 is 5.32 Å². The molecule has 0 heterocycles. The lowest BCUT2D eigenvalue weighted by atomic mass is 10.1. The maximum absolute atomic E-state index is 12.2. The molecule has 7 nitrogen and oxygen atoms in total. The van der Waals surface area contributed by atoms with Gasteiger partial charge in [-0.3, -0.25) is 19.3 Å². The van der Waals surface area contributed by atoms with Crippen molar-refractivity contribution in [3.8, 4) is 0 Å². The Morgan fingerprint density at radius 3 is 2.04 bits per heavy atom. The van der Waals surface area contributed by atoms with E-state index in [1.165, 1.54) is 0 Å². The summed E-state index contributed by atoms with van der Waals surface area (Å²) in [5, 5.41) is 11.6. The van der Waals surface area contributed by atoms with Crippen molar-refractivity contribution >= 4 is 35.9 Å². The number of nitrogens with one attached hydrogen (secondary N) is 1. The SMILES string of the molecule is CCCN(CC(=O)O)CC(=O)Nc1ccc(C(=O)N(CC)CC)cc1.Cl. The number of halogens is 1. The van der Waals surface area contributed by atoms with Crippen molar-refractivity contribution in [3.05, 3.63) is 29.8 Å². The summed E-state index contributed by atoms with van der Waals surface area (Å²) in [4.78, 5) is 38.4. The number of aliphatic carboxylic acids is 1. The largest absolute Gasteiger partial charge is 0.480 e. The normalized spacial score (nSPS) is 10.2. The molecule has 1 rings (SSSR count). The quantitative estimate of drug-likeness (QED) is 0.645. The number of carboxylic acids is 1. The maximum Gasteiger partial charge on any atom is 0.317 e. The number of carboxylic acid groups (broad SMARTS) is 1. The molecule has 0 fully saturated rings. The molecule has 8 heteroatoms. The highest BCUT2D eigenvalue weighted by Gasteiger charge is 2.15. The summed E-state index contributed by atoms with van der Waals surface area (Å²) < 4.78 is 0. The molecule has 0 radical (unpaired) electrons. The van der Waals surface area contributed by atoms with Gasteiger partial charge in [-0.2, -0.15) is 0 Å². The molecule has 0 aliphatic rings. The number of carbonyl (C=O) groups is 3. The Labute approximate surface area is 160 Å². The van der Waals surface area contributed by atoms with Crippen LogP contribution in [0.2, 0.25) is 0 Å². The van der Waals surface area contributed by atoms with E-state index in [0.29, 0.717) is 30.9 Å². The van der Waals surface area contributed by atoms with E-state index in [0.717, 1.165) is 6.42 Å². The van der Waals surface area contributed by atoms with Crippen LogP contribution in [0.3, 0.4) is 0 Å². The van der Waals surface area contributed by atoms with E-state index in [4.69, 9.17) is 5.11 Å². The second-order valence-electron chi connectivity index (χ2n) is 5.71. The molecule has 0 aromatic heterocycles. The van der Waals surface area contributed by atoms with Crippen molar-refractivity contribution < 1.29 is 19.5 Å². The second kappa shape index (κ2) is 12.3. The third-order valence-electron chi connectivity index (χ3n) is 3.73. The topological polar surface area (TPSA) is 90.0 Å². The molecular formula is C18H28ClN3O4. The van der Waals surface area contributed by atoms with Gasteiger partial charge in [0.15, 0.2) is 0 Å². The van der Waals surface area contributed by atoms with E-state index < -0.39 is 5.97 Å². The predicted molar refractivity (Wildman–Crippen MR) is 104 cm³/mol. The standard InChI is InChI=1S/C18H27N3O4.ClH/c1-4-11-20(13-17(23)24)12-16(22)19-15-9-7-14(8-10-15)18(25)21(5-2)6-3;/h7-10H,4-6,11-13H2,1-3H3,(H,19,22)(H,23,24);1H. The highest BCUT2D eigenvalue weighted by Crippen LogP contribution is 2.12. The van der Waals surface area contributed by atoms with Gasteiger partial charge in [0.05, 0.1) is 13.1 Å². The zero-order valence-electron chi connectivity index (χ0n) is 15.5. The first kappa shape index (κ1) is 23.9. The Hall–Kier alpha value is -2.12. The lowest BCUT2D eigenvalue weighted by Crippen LogP contribution is -2.37. The van der Waals surface area contributed by atoms with Crippen molar-refractivity contribution in [1.29, 1.82) is 0 Å². The lowest BCUT2D eigenvalue weighted by molar-refractivity contribution is -0.138. The smallest absolute Gasteiger partial charge is 0.317 e. The Morgan fingerprint density at radius 1 is 1.00 bits per heavy atom. The zero-order chi connectivity index (χ0) is 18.8. The average Bonchev–Trinajstić information content (AvgIpc) is 2.56. The van der Waals surface area contributed by atoms with Crippen LogP contribution in [0.1, 0.15) is 37.6 Å². The van der Waals surface area contributed by atoms with Crippen LogP contribution in [-0.4, -0.2) is 65.4 Å². The van der Waals surface area contributed by atoms with E-state index in [9.17, 15) is 14.4 Å². The number of amides is 2. The first-order chi connectivity index (χ1) is 11.9. The Bertz CT molecular complexity index is 589.